The number of ether oxygens (including phenoxy) is 2. The third-order valence-corrected chi connectivity index (χ3v) is 14.9. The minimum absolute atomic E-state index is 0. The Morgan fingerprint density at radius 1 is 0.925 bits per heavy atom. The average molecular weight is 1140 g/mol. The highest BCUT2D eigenvalue weighted by Crippen LogP contribution is 2.52. The van der Waals surface area contributed by atoms with Crippen molar-refractivity contribution >= 4 is 82.4 Å². The highest BCUT2D eigenvalue weighted by Gasteiger charge is 2.55. The number of aromatic hydroxyl groups is 5. The fourth-order valence-corrected chi connectivity index (χ4v) is 10.3. The van der Waals surface area contributed by atoms with Crippen molar-refractivity contribution in [1.82, 2.24) is 10.2 Å². The van der Waals surface area contributed by atoms with Gasteiger partial charge in [-0.25, -0.2) is 19.4 Å². The SMILES string of the molecule is C.C=P1(O)OC[C@H]2O[C@@H](N3C=NC4C(=O)NC(N)=NC43)[C@H](O)[C@@H]2O1.CC1=C(C#N)C(=C(C#N)C#N)OC1(C)c1ccc(C)c(Cl)c1.Cc1c(O)cc(O)cc1C(=O)O.Cc1cc2c(=O)oc3c(O)c(O)cc4c(=O)oc(c1O)c2c34. The van der Waals surface area contributed by atoms with E-state index < -0.39 is 78.6 Å². The van der Waals surface area contributed by atoms with Gasteiger partial charge in [0.05, 0.1) is 34.9 Å². The maximum Gasteiger partial charge on any atom is 0.344 e. The molecule has 7 heterocycles. The van der Waals surface area contributed by atoms with Crippen molar-refractivity contribution in [3.63, 3.8) is 0 Å². The average Bonchev–Trinajstić information content (AvgIpc) is 4.12. The van der Waals surface area contributed by atoms with Gasteiger partial charge in [0.15, 0.2) is 64.0 Å². The molecular weight excluding hydrogens is 1090 g/mol. The molecule has 4 unspecified atom stereocenters. The van der Waals surface area contributed by atoms with Crippen LogP contribution in [0.15, 0.2) is 93.4 Å². The molecule has 2 saturated heterocycles. The van der Waals surface area contributed by atoms with Gasteiger partial charge in [-0.15, -0.1) is 0 Å². The molecule has 8 atom stereocenters. The number of fused-ring (bicyclic) bond motifs is 2. The standard InChI is InChI=1S/C17H12ClN3O.C15H8O7.C11H16N5O6P.C8H8O4.CH4/c1-10-4-5-13(6-15(10)18)17(3)11(2)14(9-21)16(22-17)12(7-19)8-20;1-4-2-5-8-9-6(15(20)21-12(8)10(4)17)3-7(16)11(18)13(9)22-14(5)19;1-23(19)20-2-4-7(22-23)6(17)10(21-4)16-3-13-5-8(16)14-11(12)15-9(5)18;1-4-6(8(11)12)2-5(9)3-7(4)10;/h4-6H,1-3H3;2-3,16-18H,1H3;3-8,10,17,19H,1-2H2,(H3,12,14,15,18);2-3,9-10H,1H3,(H,11,12);1H4/t;;4-,5?,6-,7-,8?,10-,23?;;/m..1../s1. The van der Waals surface area contributed by atoms with Crippen LogP contribution in [0.2, 0.25) is 5.02 Å². The van der Waals surface area contributed by atoms with Gasteiger partial charge in [-0.2, -0.15) is 15.8 Å². The van der Waals surface area contributed by atoms with E-state index >= 15 is 0 Å². The molecule has 0 bridgehead atoms. The normalized spacial score (nSPS) is 24.2. The summed E-state index contributed by atoms with van der Waals surface area (Å²) in [5.41, 5.74) is 5.40. The number of nitriles is 3. The van der Waals surface area contributed by atoms with Crippen LogP contribution in [-0.2, 0) is 28.9 Å². The van der Waals surface area contributed by atoms with Crippen LogP contribution >= 0.6 is 19.2 Å². The summed E-state index contributed by atoms with van der Waals surface area (Å²) in [4.78, 5) is 66.1. The number of aliphatic hydroxyl groups excluding tert-OH is 1. The molecule has 0 saturated carbocycles. The molecule has 11 rings (SSSR count). The molecule has 2 fully saturated rings. The summed E-state index contributed by atoms with van der Waals surface area (Å²) >= 11 is 6.17. The van der Waals surface area contributed by atoms with Gasteiger partial charge in [0.1, 0.15) is 48.0 Å². The second-order valence-electron chi connectivity index (χ2n) is 18.3. The summed E-state index contributed by atoms with van der Waals surface area (Å²) in [5.74, 6) is -3.53. The van der Waals surface area contributed by atoms with Gasteiger partial charge in [0.25, 0.3) is 5.91 Å². The molecule has 416 valence electrons. The first kappa shape index (κ1) is 58.5. The lowest BCUT2D eigenvalue weighted by molar-refractivity contribution is -0.124. The number of benzene rings is 4. The van der Waals surface area contributed by atoms with Gasteiger partial charge in [0.2, 0.25) is 13.3 Å². The molecule has 6 aromatic rings. The van der Waals surface area contributed by atoms with E-state index in [-0.39, 0.29) is 104 Å². The number of nitrogens with two attached hydrogens (primary N) is 1. The summed E-state index contributed by atoms with van der Waals surface area (Å²) in [7, 11) is -3.20. The number of phenolic OH excluding ortho intramolecular Hbond substituents is 5. The lowest BCUT2D eigenvalue weighted by Crippen LogP contribution is -2.57. The number of aryl methyl sites for hydroxylation is 2. The quantitative estimate of drug-likeness (QED) is 0.0372. The number of nitrogens with zero attached hydrogens (tertiary/aromatic N) is 6. The molecule has 1 amide bonds. The minimum Gasteiger partial charge on any atom is -0.508 e. The number of halogens is 1. The number of nitrogens with one attached hydrogen (secondary N) is 1. The molecule has 2 aromatic heterocycles. The predicted molar refractivity (Wildman–Crippen MR) is 286 cm³/mol. The fraction of sp³-hybridized carbons (Fsp3) is 0.269. The Labute approximate surface area is 456 Å². The van der Waals surface area contributed by atoms with E-state index in [4.69, 9.17) is 70.5 Å². The van der Waals surface area contributed by atoms with Gasteiger partial charge < -0.3 is 78.6 Å². The summed E-state index contributed by atoms with van der Waals surface area (Å²) in [6.07, 6.45) is 0.862. The van der Waals surface area contributed by atoms with Crippen LogP contribution in [0.3, 0.4) is 0 Å². The van der Waals surface area contributed by atoms with Crippen molar-refractivity contribution in [2.24, 2.45) is 15.7 Å². The third kappa shape index (κ3) is 10.4. The molecule has 0 radical (unpaired) electrons. The van der Waals surface area contributed by atoms with E-state index in [1.165, 1.54) is 24.2 Å². The van der Waals surface area contributed by atoms with E-state index in [0.717, 1.165) is 29.3 Å². The predicted octanol–water partition coefficient (Wildman–Crippen LogP) is 4.85. The van der Waals surface area contributed by atoms with E-state index in [1.54, 1.807) is 39.0 Å². The molecule has 5 aliphatic rings. The molecule has 5 aliphatic heterocycles. The number of hydrogen-bond donors (Lipinski definition) is 10. The highest BCUT2D eigenvalue weighted by atomic mass is 35.5. The Morgan fingerprint density at radius 3 is 2.15 bits per heavy atom. The van der Waals surface area contributed by atoms with Crippen molar-refractivity contribution in [2.45, 2.75) is 84.4 Å². The maximum absolute atomic E-state index is 12.1. The summed E-state index contributed by atoms with van der Waals surface area (Å²) in [6.45, 7) is 8.51. The lowest BCUT2D eigenvalue weighted by atomic mass is 9.87. The summed E-state index contributed by atoms with van der Waals surface area (Å²) in [6, 6.07) is 14.9. The van der Waals surface area contributed by atoms with Crippen LogP contribution in [0.4, 0.5) is 0 Å². The number of carboxylic acid groups (broad SMARTS) is 1. The molecule has 26 nitrogen and oxygen atoms in total. The second kappa shape index (κ2) is 21.9. The minimum atomic E-state index is -3.20. The number of amides is 1. The van der Waals surface area contributed by atoms with Crippen LogP contribution in [0.5, 0.6) is 28.7 Å². The van der Waals surface area contributed by atoms with Gasteiger partial charge in [-0.3, -0.25) is 15.1 Å². The molecule has 0 aliphatic carbocycles. The van der Waals surface area contributed by atoms with E-state index in [9.17, 15) is 49.8 Å². The van der Waals surface area contributed by atoms with Gasteiger partial charge in [-0.05, 0) is 81.9 Å². The first-order valence-corrected chi connectivity index (χ1v) is 25.2. The fourth-order valence-electron chi connectivity index (χ4n) is 9.00. The van der Waals surface area contributed by atoms with Crippen LogP contribution in [0.25, 0.3) is 32.7 Å². The number of aromatic carboxylic acids is 1. The Balaban J connectivity index is 0.000000157. The molecule has 0 spiro atoms. The van der Waals surface area contributed by atoms with Crippen LogP contribution in [0, 0.1) is 54.8 Å². The number of hydrogen-bond acceptors (Lipinski definition) is 24. The molecular formula is C52H48ClN8O18P. The smallest absolute Gasteiger partial charge is 0.344 e. The number of aliphatic hydroxyl groups is 1. The summed E-state index contributed by atoms with van der Waals surface area (Å²) in [5, 5.41) is 97.5. The Morgan fingerprint density at radius 2 is 1.55 bits per heavy atom. The molecule has 80 heavy (non-hydrogen) atoms. The number of guanidine groups is 1. The second-order valence-corrected chi connectivity index (χ2v) is 20.4. The van der Waals surface area contributed by atoms with Gasteiger partial charge in [-0.1, -0.05) is 31.2 Å². The zero-order valence-corrected chi connectivity index (χ0v) is 43.4. The van der Waals surface area contributed by atoms with Crippen molar-refractivity contribution in [3.8, 4) is 47.0 Å². The van der Waals surface area contributed by atoms with E-state index in [2.05, 4.69) is 21.6 Å². The molecule has 4 aromatic carbocycles. The lowest BCUT2D eigenvalue weighted by Gasteiger charge is -2.33. The highest BCUT2D eigenvalue weighted by molar-refractivity contribution is 7.58. The van der Waals surface area contributed by atoms with Crippen LogP contribution in [-0.4, -0.2) is 119 Å². The number of carboxylic acids is 1. The van der Waals surface area contributed by atoms with E-state index in [1.807, 2.05) is 25.1 Å². The van der Waals surface area contributed by atoms with Crippen molar-refractivity contribution in [2.75, 3.05) is 6.61 Å². The number of allylic oxidation sites excluding steroid dienone is 2. The number of carbonyl (C=O) groups excluding carboxylic acids is 1. The monoisotopic (exact) mass is 1140 g/mol. The zero-order chi connectivity index (χ0) is 57.9. The Kier molecular flexibility index (Phi) is 16.0. The van der Waals surface area contributed by atoms with Gasteiger partial charge >= 0.3 is 17.2 Å². The number of phenols is 5. The Bertz CT molecular complexity index is 3910. The number of aliphatic imine (C=N–C) groups is 2. The topological polar surface area (TPSA) is 431 Å². The molecule has 11 N–H and O–H groups in total. The van der Waals surface area contributed by atoms with Crippen molar-refractivity contribution < 1.29 is 77.6 Å². The van der Waals surface area contributed by atoms with Gasteiger partial charge in [0, 0.05) is 33.0 Å². The zero-order valence-electron chi connectivity index (χ0n) is 41.7. The van der Waals surface area contributed by atoms with Crippen LogP contribution in [0.1, 0.15) is 53.9 Å². The maximum atomic E-state index is 12.1. The largest absolute Gasteiger partial charge is 0.508 e. The number of carbonyl (C=O) groups is 2. The van der Waals surface area contributed by atoms with Crippen molar-refractivity contribution in [1.29, 1.82) is 15.8 Å². The third-order valence-electron chi connectivity index (χ3n) is 13.3. The number of rotatable bonds is 3. The first-order chi connectivity index (χ1) is 37.2. The Hall–Kier alpha value is -9.16. The first-order valence-electron chi connectivity index (χ1n) is 23.0. The van der Waals surface area contributed by atoms with Crippen molar-refractivity contribution in [3.05, 3.63) is 119 Å². The molecule has 28 heteroatoms. The summed E-state index contributed by atoms with van der Waals surface area (Å²) < 4.78 is 32.2. The van der Waals surface area contributed by atoms with E-state index in [0.29, 0.717) is 16.2 Å². The van der Waals surface area contributed by atoms with Crippen LogP contribution < -0.4 is 22.3 Å².